The standard InChI is InChI=1S/C12H9Cl2N5O/c1-19-9-3-2-6(4-8(9)17-12(19)20)16-10-7(13)5-15-11(14)18-10/h2-5H,1H3,(H,17,20)(H,15,16,18). The minimum atomic E-state index is -0.166. The smallest absolute Gasteiger partial charge is 0.326 e. The van der Waals surface area contributed by atoms with E-state index in [-0.39, 0.29) is 11.0 Å². The van der Waals surface area contributed by atoms with Crippen LogP contribution < -0.4 is 11.0 Å². The molecule has 0 spiro atoms. The van der Waals surface area contributed by atoms with Gasteiger partial charge in [-0.1, -0.05) is 11.6 Å². The zero-order valence-electron chi connectivity index (χ0n) is 10.3. The lowest BCUT2D eigenvalue weighted by molar-refractivity contribution is 0.891. The van der Waals surface area contributed by atoms with Crippen LogP contribution in [0.5, 0.6) is 0 Å². The zero-order chi connectivity index (χ0) is 14.3. The Bertz CT molecular complexity index is 855. The normalized spacial score (nSPS) is 10.9. The van der Waals surface area contributed by atoms with Crippen molar-refractivity contribution in [2.45, 2.75) is 0 Å². The van der Waals surface area contributed by atoms with Crippen molar-refractivity contribution in [3.63, 3.8) is 0 Å². The first-order valence-electron chi connectivity index (χ1n) is 5.68. The lowest BCUT2D eigenvalue weighted by atomic mass is 10.2. The number of aromatic nitrogens is 4. The molecular weight excluding hydrogens is 301 g/mol. The van der Waals surface area contributed by atoms with Gasteiger partial charge in [-0.05, 0) is 29.8 Å². The monoisotopic (exact) mass is 309 g/mol. The Labute approximate surface area is 123 Å². The third-order valence-corrected chi connectivity index (χ3v) is 3.34. The first-order valence-corrected chi connectivity index (χ1v) is 6.44. The molecule has 6 nitrogen and oxygen atoms in total. The number of rotatable bonds is 2. The predicted molar refractivity (Wildman–Crippen MR) is 78.9 cm³/mol. The van der Waals surface area contributed by atoms with Crippen molar-refractivity contribution in [3.05, 3.63) is 45.2 Å². The maximum Gasteiger partial charge on any atom is 0.326 e. The molecule has 0 aliphatic heterocycles. The van der Waals surface area contributed by atoms with Crippen LogP contribution >= 0.6 is 23.2 Å². The molecule has 0 bridgehead atoms. The molecule has 2 N–H and O–H groups in total. The van der Waals surface area contributed by atoms with E-state index in [0.717, 1.165) is 16.7 Å². The number of halogens is 2. The van der Waals surface area contributed by atoms with Crippen molar-refractivity contribution in [1.29, 1.82) is 0 Å². The summed E-state index contributed by atoms with van der Waals surface area (Å²) in [5, 5.41) is 3.50. The van der Waals surface area contributed by atoms with Gasteiger partial charge in [-0.3, -0.25) is 4.57 Å². The summed E-state index contributed by atoms with van der Waals surface area (Å²) < 4.78 is 1.54. The van der Waals surface area contributed by atoms with Gasteiger partial charge >= 0.3 is 5.69 Å². The summed E-state index contributed by atoms with van der Waals surface area (Å²) in [6, 6.07) is 5.44. The Kier molecular flexibility index (Phi) is 3.11. The second-order valence-electron chi connectivity index (χ2n) is 4.18. The Morgan fingerprint density at radius 2 is 2.15 bits per heavy atom. The van der Waals surface area contributed by atoms with E-state index in [1.54, 1.807) is 13.1 Å². The molecule has 2 heterocycles. The Morgan fingerprint density at radius 3 is 2.95 bits per heavy atom. The summed E-state index contributed by atoms with van der Waals surface area (Å²) in [6.45, 7) is 0. The highest BCUT2D eigenvalue weighted by Crippen LogP contribution is 2.25. The van der Waals surface area contributed by atoms with Gasteiger partial charge in [0.05, 0.1) is 17.2 Å². The van der Waals surface area contributed by atoms with Gasteiger partial charge in [-0.25, -0.2) is 9.78 Å². The second kappa shape index (κ2) is 4.81. The molecule has 0 unspecified atom stereocenters. The zero-order valence-corrected chi connectivity index (χ0v) is 11.8. The van der Waals surface area contributed by atoms with E-state index in [1.807, 2.05) is 12.1 Å². The third kappa shape index (κ3) is 2.23. The molecule has 0 saturated carbocycles. The van der Waals surface area contributed by atoms with E-state index < -0.39 is 0 Å². The molecule has 0 aliphatic rings. The number of imidazole rings is 1. The molecule has 0 fully saturated rings. The minimum absolute atomic E-state index is 0.103. The van der Waals surface area contributed by atoms with Crippen LogP contribution in [0.4, 0.5) is 11.5 Å². The molecule has 0 atom stereocenters. The van der Waals surface area contributed by atoms with Gasteiger partial charge in [0.1, 0.15) is 5.02 Å². The molecule has 102 valence electrons. The molecule has 20 heavy (non-hydrogen) atoms. The van der Waals surface area contributed by atoms with Crippen LogP contribution in [0.3, 0.4) is 0 Å². The summed E-state index contributed by atoms with van der Waals surface area (Å²) >= 11 is 11.7. The van der Waals surface area contributed by atoms with Crippen LogP contribution in [-0.2, 0) is 7.05 Å². The van der Waals surface area contributed by atoms with Crippen LogP contribution in [0, 0.1) is 0 Å². The number of hydrogen-bond acceptors (Lipinski definition) is 4. The number of hydrogen-bond donors (Lipinski definition) is 2. The Hall–Kier alpha value is -2.05. The Balaban J connectivity index is 2.02. The van der Waals surface area contributed by atoms with E-state index in [9.17, 15) is 4.79 Å². The van der Waals surface area contributed by atoms with Gasteiger partial charge in [0.25, 0.3) is 0 Å². The average Bonchev–Trinajstić information content (AvgIpc) is 2.69. The lowest BCUT2D eigenvalue weighted by Gasteiger charge is -2.07. The number of anilines is 2. The first kappa shape index (κ1) is 13.0. The maximum absolute atomic E-state index is 11.5. The third-order valence-electron chi connectivity index (χ3n) is 2.88. The van der Waals surface area contributed by atoms with Crippen molar-refractivity contribution < 1.29 is 0 Å². The number of aromatic amines is 1. The van der Waals surface area contributed by atoms with Crippen LogP contribution in [0.25, 0.3) is 11.0 Å². The van der Waals surface area contributed by atoms with Gasteiger partial charge in [0.15, 0.2) is 5.82 Å². The molecule has 3 rings (SSSR count). The molecule has 0 radical (unpaired) electrons. The van der Waals surface area contributed by atoms with Gasteiger partial charge in [0.2, 0.25) is 5.28 Å². The fraction of sp³-hybridized carbons (Fsp3) is 0.0833. The summed E-state index contributed by atoms with van der Waals surface area (Å²) in [4.78, 5) is 22.1. The molecule has 0 aliphatic carbocycles. The lowest BCUT2D eigenvalue weighted by Crippen LogP contribution is -2.11. The van der Waals surface area contributed by atoms with Crippen LogP contribution in [-0.4, -0.2) is 19.5 Å². The summed E-state index contributed by atoms with van der Waals surface area (Å²) in [5.41, 5.74) is 2.10. The largest absolute Gasteiger partial charge is 0.339 e. The minimum Gasteiger partial charge on any atom is -0.339 e. The van der Waals surface area contributed by atoms with Crippen LogP contribution in [0.15, 0.2) is 29.2 Å². The predicted octanol–water partition coefficient (Wildman–Crippen LogP) is 2.71. The highest BCUT2D eigenvalue weighted by Gasteiger charge is 2.07. The van der Waals surface area contributed by atoms with Crippen molar-refractivity contribution >= 4 is 45.7 Å². The van der Waals surface area contributed by atoms with Crippen molar-refractivity contribution in [2.24, 2.45) is 7.05 Å². The van der Waals surface area contributed by atoms with Crippen molar-refractivity contribution in [3.8, 4) is 0 Å². The van der Waals surface area contributed by atoms with Crippen molar-refractivity contribution in [2.75, 3.05) is 5.32 Å². The van der Waals surface area contributed by atoms with Gasteiger partial charge in [-0.15, -0.1) is 0 Å². The number of nitrogens with one attached hydrogen (secondary N) is 2. The fourth-order valence-electron chi connectivity index (χ4n) is 1.88. The highest BCUT2D eigenvalue weighted by molar-refractivity contribution is 6.33. The van der Waals surface area contributed by atoms with Crippen LogP contribution in [0.2, 0.25) is 10.3 Å². The summed E-state index contributed by atoms with van der Waals surface area (Å²) in [7, 11) is 1.70. The van der Waals surface area contributed by atoms with Crippen molar-refractivity contribution in [1.82, 2.24) is 19.5 Å². The molecule has 0 saturated heterocycles. The van der Waals surface area contributed by atoms with E-state index in [1.165, 1.54) is 10.8 Å². The molecule has 0 amide bonds. The molecule has 1 aromatic carbocycles. The molecule has 3 aromatic rings. The molecular formula is C12H9Cl2N5O. The van der Waals surface area contributed by atoms with E-state index >= 15 is 0 Å². The number of nitrogens with zero attached hydrogens (tertiary/aromatic N) is 3. The molecule has 2 aromatic heterocycles. The van der Waals surface area contributed by atoms with Gasteiger partial charge < -0.3 is 10.3 Å². The van der Waals surface area contributed by atoms with Gasteiger partial charge in [0, 0.05) is 12.7 Å². The number of H-pyrrole nitrogens is 1. The fourth-order valence-corrected chi connectivity index (χ4v) is 2.16. The number of fused-ring (bicyclic) bond motifs is 1. The summed E-state index contributed by atoms with van der Waals surface area (Å²) in [5.74, 6) is 0.407. The number of benzene rings is 1. The Morgan fingerprint density at radius 1 is 1.35 bits per heavy atom. The highest BCUT2D eigenvalue weighted by atomic mass is 35.5. The summed E-state index contributed by atoms with van der Waals surface area (Å²) in [6.07, 6.45) is 1.42. The second-order valence-corrected chi connectivity index (χ2v) is 4.93. The number of aryl methyl sites for hydroxylation is 1. The van der Waals surface area contributed by atoms with Gasteiger partial charge in [-0.2, -0.15) is 4.98 Å². The van der Waals surface area contributed by atoms with E-state index in [0.29, 0.717) is 10.8 Å². The van der Waals surface area contributed by atoms with E-state index in [4.69, 9.17) is 23.2 Å². The van der Waals surface area contributed by atoms with Crippen LogP contribution in [0.1, 0.15) is 0 Å². The average molecular weight is 310 g/mol. The van der Waals surface area contributed by atoms with E-state index in [2.05, 4.69) is 20.3 Å². The quantitative estimate of drug-likeness (QED) is 0.714. The molecule has 8 heteroatoms. The first-order chi connectivity index (χ1) is 9.54. The topological polar surface area (TPSA) is 75.6 Å². The SMILES string of the molecule is Cn1c(=O)[nH]c2cc(Nc3nc(Cl)ncc3Cl)ccc21. The maximum atomic E-state index is 11.5.